The first-order chi connectivity index (χ1) is 9.69. The van der Waals surface area contributed by atoms with Gasteiger partial charge in [0.05, 0.1) is 0 Å². The second-order valence-electron chi connectivity index (χ2n) is 4.24. The molecule has 0 saturated heterocycles. The average Bonchev–Trinajstić information content (AvgIpc) is 2.44. The number of aromatic nitrogens is 1. The van der Waals surface area contributed by atoms with Crippen LogP contribution >= 0.6 is 0 Å². The summed E-state index contributed by atoms with van der Waals surface area (Å²) in [5.41, 5.74) is 1.00. The third kappa shape index (κ3) is 2.26. The van der Waals surface area contributed by atoms with Crippen molar-refractivity contribution in [2.45, 2.75) is 6.92 Å². The van der Waals surface area contributed by atoms with Crippen LogP contribution in [0.1, 0.15) is 17.3 Å². The summed E-state index contributed by atoms with van der Waals surface area (Å²) in [5, 5.41) is 1.84. The summed E-state index contributed by atoms with van der Waals surface area (Å²) in [4.78, 5) is 28.3. The van der Waals surface area contributed by atoms with E-state index in [2.05, 4.69) is 4.98 Å². The van der Waals surface area contributed by atoms with E-state index >= 15 is 0 Å². The van der Waals surface area contributed by atoms with Crippen LogP contribution in [0.4, 0.5) is 0 Å². The van der Waals surface area contributed by atoms with E-state index in [-0.39, 0.29) is 16.5 Å². The maximum absolute atomic E-state index is 12.0. The van der Waals surface area contributed by atoms with Gasteiger partial charge in [0.25, 0.3) is 0 Å². The molecule has 5 heteroatoms. The molecule has 0 fully saturated rings. The van der Waals surface area contributed by atoms with Gasteiger partial charge >= 0.3 is 120 Å². The van der Waals surface area contributed by atoms with Crippen LogP contribution in [0.2, 0.25) is 0 Å². The zero-order valence-electron chi connectivity index (χ0n) is 10.8. The predicted molar refractivity (Wildman–Crippen MR) is 78.4 cm³/mol. The van der Waals surface area contributed by atoms with Crippen molar-refractivity contribution in [3.05, 3.63) is 51.1 Å². The fourth-order valence-electron chi connectivity index (χ4n) is 2.01. The minimum absolute atomic E-state index is 0.136. The number of nitrogens with zero attached hydrogens (tertiary/aromatic N) is 1. The van der Waals surface area contributed by atoms with E-state index in [0.29, 0.717) is 0 Å². The number of carbonyl (C=O) groups is 1. The summed E-state index contributed by atoms with van der Waals surface area (Å²) in [7, 11) is 0. The maximum atomic E-state index is 12.0. The summed E-state index contributed by atoms with van der Waals surface area (Å²) in [5.74, 6) is -0.543. The van der Waals surface area contributed by atoms with Gasteiger partial charge in [-0.3, -0.25) is 0 Å². The molecule has 2 aromatic heterocycles. The molecule has 3 aromatic rings. The Morgan fingerprint density at radius 3 is 2.85 bits per heavy atom. The molecule has 0 aliphatic carbocycles. The molecule has 4 nitrogen and oxygen atoms in total. The summed E-state index contributed by atoms with van der Waals surface area (Å²) >= 11 is -0.476. The number of pyridine rings is 1. The number of hydrogen-bond donors (Lipinski definition) is 0. The zero-order chi connectivity index (χ0) is 14.1. The first-order valence-corrected chi connectivity index (χ1v) is 7.91. The van der Waals surface area contributed by atoms with Crippen molar-refractivity contribution < 1.29 is 9.53 Å². The quantitative estimate of drug-likeness (QED) is 0.409. The Hall–Kier alpha value is -1.97. The standard InChI is InChI=1S/C15H11NO3Se/c1-2-19-14(17)11-8-10-7-9-5-3-4-6-12(9)16-13(10)20-15(11)18/h3-8H,2H2,1H3. The number of rotatable bonds is 2. The number of fused-ring (bicyclic) bond motifs is 2. The number of para-hydroxylation sites is 1. The molecule has 20 heavy (non-hydrogen) atoms. The molecular weight excluding hydrogens is 321 g/mol. The van der Waals surface area contributed by atoms with Crippen LogP contribution in [0, 0.1) is 0 Å². The van der Waals surface area contributed by atoms with Crippen molar-refractivity contribution in [2.24, 2.45) is 0 Å². The van der Waals surface area contributed by atoms with Crippen LogP contribution < -0.4 is 4.30 Å². The fraction of sp³-hybridized carbons (Fsp3) is 0.133. The number of esters is 1. The number of hydrogen-bond acceptors (Lipinski definition) is 4. The van der Waals surface area contributed by atoms with Gasteiger partial charge in [-0.05, 0) is 0 Å². The van der Waals surface area contributed by atoms with Gasteiger partial charge in [-0.15, -0.1) is 0 Å². The van der Waals surface area contributed by atoms with Gasteiger partial charge in [-0.2, -0.15) is 0 Å². The van der Waals surface area contributed by atoms with Crippen LogP contribution in [0.3, 0.4) is 0 Å². The normalized spacial score (nSPS) is 10.8. The molecule has 0 aliphatic heterocycles. The summed E-state index contributed by atoms with van der Waals surface area (Å²) in [6.45, 7) is 1.99. The van der Waals surface area contributed by atoms with E-state index in [4.69, 9.17) is 4.74 Å². The van der Waals surface area contributed by atoms with E-state index in [0.717, 1.165) is 20.7 Å². The van der Waals surface area contributed by atoms with Crippen LogP contribution in [0.25, 0.3) is 20.7 Å². The van der Waals surface area contributed by atoms with Crippen LogP contribution in [-0.2, 0) is 4.74 Å². The summed E-state index contributed by atoms with van der Waals surface area (Å²) in [6, 6.07) is 11.3. The number of benzene rings is 1. The van der Waals surface area contributed by atoms with E-state index < -0.39 is 20.5 Å². The molecule has 1 aromatic carbocycles. The molecule has 0 atom stereocenters. The number of ether oxygens (including phenoxy) is 1. The Kier molecular flexibility index (Phi) is 3.38. The molecule has 0 aliphatic rings. The first kappa shape index (κ1) is 13.0. The van der Waals surface area contributed by atoms with Crippen molar-refractivity contribution >= 4 is 41.2 Å². The molecular formula is C15H11NO3Se. The van der Waals surface area contributed by atoms with Gasteiger partial charge in [0.15, 0.2) is 0 Å². The molecule has 2 heterocycles. The Bertz CT molecular complexity index is 870. The van der Waals surface area contributed by atoms with Crippen molar-refractivity contribution in [2.75, 3.05) is 6.61 Å². The van der Waals surface area contributed by atoms with Crippen molar-refractivity contribution in [1.82, 2.24) is 4.98 Å². The van der Waals surface area contributed by atoms with Crippen LogP contribution in [0.15, 0.2) is 41.2 Å². The molecule has 0 unspecified atom stereocenters. The zero-order valence-corrected chi connectivity index (χ0v) is 12.5. The number of carbonyl (C=O) groups excluding carboxylic acids is 1. The molecule has 0 N–H and O–H groups in total. The first-order valence-electron chi connectivity index (χ1n) is 6.20. The summed E-state index contributed by atoms with van der Waals surface area (Å²) in [6.07, 6.45) is 0. The second kappa shape index (κ2) is 5.19. The SMILES string of the molecule is CCOC(=O)c1cc2cc3ccccc3nc2[se]c1=O. The Balaban J connectivity index is 2.26. The van der Waals surface area contributed by atoms with E-state index in [1.165, 1.54) is 0 Å². The molecule has 100 valence electrons. The van der Waals surface area contributed by atoms with Gasteiger partial charge in [0.2, 0.25) is 0 Å². The second-order valence-corrected chi connectivity index (χ2v) is 6.26. The Morgan fingerprint density at radius 2 is 2.05 bits per heavy atom. The molecule has 0 bridgehead atoms. The molecule has 0 spiro atoms. The average molecular weight is 332 g/mol. The topological polar surface area (TPSA) is 56.3 Å². The van der Waals surface area contributed by atoms with Crippen molar-refractivity contribution in [1.29, 1.82) is 0 Å². The Labute approximate surface area is 120 Å². The molecule has 0 radical (unpaired) electrons. The van der Waals surface area contributed by atoms with Gasteiger partial charge in [-0.25, -0.2) is 0 Å². The van der Waals surface area contributed by atoms with E-state index in [1.54, 1.807) is 13.0 Å². The van der Waals surface area contributed by atoms with Gasteiger partial charge in [0.1, 0.15) is 0 Å². The Morgan fingerprint density at radius 1 is 1.25 bits per heavy atom. The van der Waals surface area contributed by atoms with Gasteiger partial charge in [-0.1, -0.05) is 0 Å². The van der Waals surface area contributed by atoms with E-state index in [1.807, 2.05) is 30.3 Å². The van der Waals surface area contributed by atoms with Crippen LogP contribution in [0.5, 0.6) is 0 Å². The monoisotopic (exact) mass is 333 g/mol. The molecule has 3 rings (SSSR count). The van der Waals surface area contributed by atoms with E-state index in [9.17, 15) is 9.59 Å². The van der Waals surface area contributed by atoms with Crippen molar-refractivity contribution in [3.8, 4) is 0 Å². The van der Waals surface area contributed by atoms with Gasteiger partial charge < -0.3 is 0 Å². The third-order valence-corrected chi connectivity index (χ3v) is 4.86. The summed E-state index contributed by atoms with van der Waals surface area (Å²) < 4.78 is 5.51. The van der Waals surface area contributed by atoms with Crippen molar-refractivity contribution in [3.63, 3.8) is 0 Å². The van der Waals surface area contributed by atoms with Crippen LogP contribution in [-0.4, -0.2) is 32.1 Å². The molecule has 0 amide bonds. The van der Waals surface area contributed by atoms with Gasteiger partial charge in [0, 0.05) is 0 Å². The fourth-order valence-corrected chi connectivity index (χ4v) is 3.70. The minimum atomic E-state index is -0.543. The third-order valence-electron chi connectivity index (χ3n) is 2.92. The predicted octanol–water partition coefficient (Wildman–Crippen LogP) is 1.98. The molecule has 0 saturated carbocycles.